The van der Waals surface area contributed by atoms with Crippen molar-refractivity contribution in [2.24, 2.45) is 4.99 Å². The van der Waals surface area contributed by atoms with E-state index in [1.807, 2.05) is 23.6 Å². The molecular formula is C30H38N4O9S2. The molecule has 0 radical (unpaired) electrons. The van der Waals surface area contributed by atoms with E-state index in [-0.39, 0.29) is 36.0 Å². The predicted molar refractivity (Wildman–Crippen MR) is 173 cm³/mol. The van der Waals surface area contributed by atoms with Crippen LogP contribution in [0.4, 0.5) is 11.4 Å². The van der Waals surface area contributed by atoms with E-state index < -0.39 is 31.9 Å². The molecule has 0 atom stereocenters. The fourth-order valence-corrected chi connectivity index (χ4v) is 6.01. The molecule has 2 aliphatic rings. The summed E-state index contributed by atoms with van der Waals surface area (Å²) in [5.74, 6) is -1.92. The van der Waals surface area contributed by atoms with Crippen LogP contribution in [0, 0.1) is 0 Å². The van der Waals surface area contributed by atoms with Crippen molar-refractivity contribution in [2.45, 2.75) is 40.5 Å². The standard InChI is InChI=1S/C30H38N4O9S2/c1-5-33(13-7-15-44(38,39)40)22-9-11-24(28(17-22)31-20(3)35)26-19-27(30(26)37)25-12-10-23(18-29(25)32-21(4)36)34(6-2)14-8-16-45(41,42)43/h9-12,17-19H,5-8,13-16H2,1-4H3,(H,31,35)(H,38,39,40)(H,41,42,43). The molecule has 244 valence electrons. The third-order valence-electron chi connectivity index (χ3n) is 7.09. The molecule has 3 N–H and O–H groups in total. The first kappa shape index (κ1) is 35.6. The Bertz CT molecular complexity index is 1740. The summed E-state index contributed by atoms with van der Waals surface area (Å²) in [6, 6.07) is 5.16. The fourth-order valence-electron chi connectivity index (χ4n) is 5.02. The Morgan fingerprint density at radius 3 is 1.98 bits per heavy atom. The van der Waals surface area contributed by atoms with Gasteiger partial charge in [0, 0.05) is 73.7 Å². The maximum atomic E-state index is 13.5. The molecule has 0 spiro atoms. The summed E-state index contributed by atoms with van der Waals surface area (Å²) in [5.41, 5.74) is 3.59. The highest BCUT2D eigenvalue weighted by molar-refractivity contribution is 7.86. The number of amides is 2. The highest BCUT2D eigenvalue weighted by Crippen LogP contribution is 2.39. The van der Waals surface area contributed by atoms with Gasteiger partial charge in [0.2, 0.25) is 11.8 Å². The SMILES string of the molecule is CCN(CCCS(=O)(=O)O)C1=CC(=NC(C)=O)C(=C2C=C(c3ccc(N(CC)CCCS(=O)(=O)O)cc3NC(C)=O)C2=O)C=C1. The Labute approximate surface area is 263 Å². The van der Waals surface area contributed by atoms with Gasteiger partial charge in [0.25, 0.3) is 20.2 Å². The third kappa shape index (κ3) is 10.0. The van der Waals surface area contributed by atoms with Crippen molar-refractivity contribution in [3.05, 3.63) is 64.9 Å². The molecule has 0 saturated carbocycles. The number of likely N-dealkylation sites (N-methyl/N-ethyl adjacent to an activating group) is 1. The third-order valence-corrected chi connectivity index (χ3v) is 8.69. The summed E-state index contributed by atoms with van der Waals surface area (Å²) >= 11 is 0. The number of anilines is 2. The summed E-state index contributed by atoms with van der Waals surface area (Å²) < 4.78 is 62.6. The molecule has 15 heteroatoms. The summed E-state index contributed by atoms with van der Waals surface area (Å²) in [4.78, 5) is 45.4. The van der Waals surface area contributed by atoms with Crippen molar-refractivity contribution >= 4 is 60.5 Å². The first-order valence-corrected chi connectivity index (χ1v) is 17.6. The minimum atomic E-state index is -4.10. The van der Waals surface area contributed by atoms with Crippen LogP contribution in [0.2, 0.25) is 0 Å². The lowest BCUT2D eigenvalue weighted by Crippen LogP contribution is -2.28. The summed E-state index contributed by atoms with van der Waals surface area (Å²) in [7, 11) is -8.20. The highest BCUT2D eigenvalue weighted by atomic mass is 32.2. The molecule has 0 heterocycles. The van der Waals surface area contributed by atoms with Crippen LogP contribution in [0.15, 0.2) is 64.3 Å². The minimum Gasteiger partial charge on any atom is -0.372 e. The molecule has 3 rings (SSSR count). The second-order valence-electron chi connectivity index (χ2n) is 10.5. The Balaban J connectivity index is 1.95. The van der Waals surface area contributed by atoms with Crippen LogP contribution in [0.5, 0.6) is 0 Å². The van der Waals surface area contributed by atoms with Crippen molar-refractivity contribution in [1.29, 1.82) is 0 Å². The lowest BCUT2D eigenvalue weighted by atomic mass is 9.80. The normalized spacial score (nSPS) is 17.5. The Kier molecular flexibility index (Phi) is 11.8. The number of ketones is 1. The molecule has 0 bridgehead atoms. The number of nitrogens with zero attached hydrogens (tertiary/aromatic N) is 3. The number of carbonyl (C=O) groups is 3. The van der Waals surface area contributed by atoms with Gasteiger partial charge in [0.15, 0.2) is 5.78 Å². The molecule has 0 aliphatic heterocycles. The van der Waals surface area contributed by atoms with Gasteiger partial charge in [-0.3, -0.25) is 23.5 Å². The van der Waals surface area contributed by atoms with E-state index in [1.54, 1.807) is 42.5 Å². The number of rotatable bonds is 14. The van der Waals surface area contributed by atoms with Crippen LogP contribution >= 0.6 is 0 Å². The summed E-state index contributed by atoms with van der Waals surface area (Å²) in [6.07, 6.45) is 7.11. The second kappa shape index (κ2) is 14.9. The molecule has 2 aliphatic carbocycles. The molecule has 2 amide bonds. The molecular weight excluding hydrogens is 624 g/mol. The fraction of sp³-hybridized carbons (Fsp3) is 0.400. The number of benzene rings is 1. The minimum absolute atomic E-state index is 0.186. The van der Waals surface area contributed by atoms with E-state index in [2.05, 4.69) is 10.3 Å². The number of Topliss-reactive ketones (excluding diaryl/α,β-unsaturated/α-hetero) is 1. The van der Waals surface area contributed by atoms with Crippen LogP contribution < -0.4 is 10.2 Å². The summed E-state index contributed by atoms with van der Waals surface area (Å²) in [5, 5.41) is 2.76. The van der Waals surface area contributed by atoms with Gasteiger partial charge in [-0.15, -0.1) is 0 Å². The average Bonchev–Trinajstić information content (AvgIpc) is 2.92. The lowest BCUT2D eigenvalue weighted by Gasteiger charge is -2.28. The predicted octanol–water partition coefficient (Wildman–Crippen LogP) is 3.05. The maximum absolute atomic E-state index is 13.5. The van der Waals surface area contributed by atoms with Crippen molar-refractivity contribution in [1.82, 2.24) is 4.90 Å². The van der Waals surface area contributed by atoms with Gasteiger partial charge in [-0.25, -0.2) is 4.99 Å². The van der Waals surface area contributed by atoms with Gasteiger partial charge in [-0.05, 0) is 57.0 Å². The van der Waals surface area contributed by atoms with Gasteiger partial charge in [-0.1, -0.05) is 12.1 Å². The van der Waals surface area contributed by atoms with E-state index in [9.17, 15) is 31.2 Å². The first-order chi connectivity index (χ1) is 21.0. The number of hydrogen-bond donors (Lipinski definition) is 3. The van der Waals surface area contributed by atoms with Crippen LogP contribution in [0.3, 0.4) is 0 Å². The zero-order valence-electron chi connectivity index (χ0n) is 25.6. The van der Waals surface area contributed by atoms with Crippen molar-refractivity contribution in [3.63, 3.8) is 0 Å². The van der Waals surface area contributed by atoms with Gasteiger partial charge >= 0.3 is 0 Å². The van der Waals surface area contributed by atoms with E-state index in [4.69, 9.17) is 9.11 Å². The van der Waals surface area contributed by atoms with Crippen molar-refractivity contribution in [2.75, 3.05) is 47.9 Å². The Morgan fingerprint density at radius 1 is 0.867 bits per heavy atom. The van der Waals surface area contributed by atoms with E-state index in [0.717, 1.165) is 0 Å². The van der Waals surface area contributed by atoms with Crippen molar-refractivity contribution in [3.8, 4) is 0 Å². The van der Waals surface area contributed by atoms with Crippen molar-refractivity contribution < 1.29 is 40.3 Å². The highest BCUT2D eigenvalue weighted by Gasteiger charge is 2.32. The number of carbonyl (C=O) groups excluding carboxylic acids is 3. The zero-order valence-corrected chi connectivity index (χ0v) is 27.2. The molecule has 0 fully saturated rings. The van der Waals surface area contributed by atoms with E-state index >= 15 is 0 Å². The number of allylic oxidation sites excluding steroid dienone is 7. The van der Waals surface area contributed by atoms with Crippen LogP contribution in [-0.2, 0) is 34.6 Å². The molecule has 1 aromatic carbocycles. The molecule has 1 aromatic rings. The number of aliphatic imine (C=N–C) groups is 1. The quantitative estimate of drug-likeness (QED) is 0.196. The first-order valence-electron chi connectivity index (χ1n) is 14.3. The number of hydrogen-bond acceptors (Lipinski definition) is 9. The van der Waals surface area contributed by atoms with Gasteiger partial charge in [-0.2, -0.15) is 16.8 Å². The monoisotopic (exact) mass is 662 g/mol. The van der Waals surface area contributed by atoms with Crippen LogP contribution in [0.1, 0.15) is 46.1 Å². The van der Waals surface area contributed by atoms with E-state index in [1.165, 1.54) is 13.8 Å². The number of nitrogens with one attached hydrogen (secondary N) is 1. The zero-order chi connectivity index (χ0) is 33.5. The van der Waals surface area contributed by atoms with Gasteiger partial charge in [0.05, 0.1) is 22.9 Å². The topological polar surface area (TPSA) is 191 Å². The maximum Gasteiger partial charge on any atom is 0.264 e. The smallest absolute Gasteiger partial charge is 0.264 e. The van der Waals surface area contributed by atoms with Crippen LogP contribution in [0.25, 0.3) is 5.57 Å². The summed E-state index contributed by atoms with van der Waals surface area (Å²) in [6.45, 7) is 8.09. The lowest BCUT2D eigenvalue weighted by molar-refractivity contribution is -0.116. The second-order valence-corrected chi connectivity index (χ2v) is 13.6. The average molecular weight is 663 g/mol. The molecule has 0 unspecified atom stereocenters. The molecule has 0 aromatic heterocycles. The van der Waals surface area contributed by atoms with Crippen LogP contribution in [-0.4, -0.2) is 91.8 Å². The molecule has 13 nitrogen and oxygen atoms in total. The van der Waals surface area contributed by atoms with Gasteiger partial charge < -0.3 is 15.1 Å². The van der Waals surface area contributed by atoms with Gasteiger partial charge in [0.1, 0.15) is 0 Å². The molecule has 45 heavy (non-hydrogen) atoms. The van der Waals surface area contributed by atoms with E-state index in [0.29, 0.717) is 65.5 Å². The molecule has 0 saturated heterocycles. The Morgan fingerprint density at radius 2 is 1.47 bits per heavy atom. The Hall–Kier alpha value is -3.92. The largest absolute Gasteiger partial charge is 0.372 e.